The average Bonchev–Trinajstić information content (AvgIpc) is 2.31. The van der Waals surface area contributed by atoms with Gasteiger partial charge in [0.25, 0.3) is 0 Å². The van der Waals surface area contributed by atoms with Gasteiger partial charge in [0.05, 0.1) is 0 Å². The Bertz CT molecular complexity index is 259. The van der Waals surface area contributed by atoms with Crippen LogP contribution < -0.4 is 5.32 Å². The maximum atomic E-state index is 12.2. The van der Waals surface area contributed by atoms with Gasteiger partial charge in [-0.2, -0.15) is 0 Å². The van der Waals surface area contributed by atoms with Gasteiger partial charge in [0.1, 0.15) is 12.1 Å². The molecule has 3 nitrogen and oxygen atoms in total. The van der Waals surface area contributed by atoms with Gasteiger partial charge in [0, 0.05) is 0 Å². The predicted octanol–water partition coefficient (Wildman–Crippen LogP) is 3.03. The van der Waals surface area contributed by atoms with Gasteiger partial charge < -0.3 is 10.1 Å². The first kappa shape index (κ1) is 13.9. The Balaban J connectivity index is 1.81. The highest BCUT2D eigenvalue weighted by Crippen LogP contribution is 2.27. The van der Waals surface area contributed by atoms with Crippen molar-refractivity contribution in [3.05, 3.63) is 0 Å². The highest BCUT2D eigenvalue weighted by atomic mass is 16.5. The lowest BCUT2D eigenvalue weighted by molar-refractivity contribution is -0.156. The van der Waals surface area contributed by atoms with E-state index in [-0.39, 0.29) is 18.1 Å². The summed E-state index contributed by atoms with van der Waals surface area (Å²) in [7, 11) is 0. The van der Waals surface area contributed by atoms with E-state index >= 15 is 0 Å². The summed E-state index contributed by atoms with van der Waals surface area (Å²) >= 11 is 0. The van der Waals surface area contributed by atoms with E-state index < -0.39 is 0 Å². The monoisotopic (exact) mass is 253 g/mol. The molecule has 0 radical (unpaired) electrons. The summed E-state index contributed by atoms with van der Waals surface area (Å²) in [5.41, 5.74) is 0. The normalized spacial score (nSPS) is 34.4. The fraction of sp³-hybridized carbons (Fsp3) is 0.933. The number of hydrogen-bond donors (Lipinski definition) is 1. The maximum absolute atomic E-state index is 12.2. The number of carbonyl (C=O) groups excluding carboxylic acids is 1. The minimum Gasteiger partial charge on any atom is -0.461 e. The minimum atomic E-state index is -0.0561. The SMILES string of the molecule is CC1CCCCC1OC(=O)C1CCCCCCN1. The average molecular weight is 253 g/mol. The standard InChI is InChI=1S/C15H27NO2/c1-12-8-5-6-10-14(12)18-15(17)13-9-4-2-3-7-11-16-13/h12-14,16H,2-11H2,1H3. The molecule has 1 heterocycles. The summed E-state index contributed by atoms with van der Waals surface area (Å²) in [5.74, 6) is 0.534. The van der Waals surface area contributed by atoms with Crippen LogP contribution in [-0.4, -0.2) is 24.7 Å². The molecule has 0 aromatic carbocycles. The molecule has 1 saturated heterocycles. The highest BCUT2D eigenvalue weighted by molar-refractivity contribution is 5.76. The van der Waals surface area contributed by atoms with Gasteiger partial charge in [-0.25, -0.2) is 0 Å². The topological polar surface area (TPSA) is 38.3 Å². The van der Waals surface area contributed by atoms with Crippen molar-refractivity contribution in [2.24, 2.45) is 5.92 Å². The van der Waals surface area contributed by atoms with E-state index in [1.807, 2.05) is 0 Å². The molecule has 0 aromatic heterocycles. The molecule has 0 amide bonds. The third-order valence-corrected chi connectivity index (χ3v) is 4.40. The van der Waals surface area contributed by atoms with Crippen LogP contribution in [0.3, 0.4) is 0 Å². The minimum absolute atomic E-state index is 0.00403. The summed E-state index contributed by atoms with van der Waals surface area (Å²) in [6.45, 7) is 3.17. The van der Waals surface area contributed by atoms with Crippen LogP contribution in [0.2, 0.25) is 0 Å². The third-order valence-electron chi connectivity index (χ3n) is 4.40. The summed E-state index contributed by atoms with van der Waals surface area (Å²) in [4.78, 5) is 12.2. The van der Waals surface area contributed by atoms with Crippen LogP contribution in [0, 0.1) is 5.92 Å². The lowest BCUT2D eigenvalue weighted by Gasteiger charge is -2.30. The van der Waals surface area contributed by atoms with Gasteiger partial charge in [-0.1, -0.05) is 32.6 Å². The van der Waals surface area contributed by atoms with Gasteiger partial charge in [-0.15, -0.1) is 0 Å². The van der Waals surface area contributed by atoms with Crippen molar-refractivity contribution in [3.63, 3.8) is 0 Å². The zero-order valence-corrected chi connectivity index (χ0v) is 11.6. The van der Waals surface area contributed by atoms with E-state index in [0.29, 0.717) is 5.92 Å². The molecule has 3 unspecified atom stereocenters. The molecule has 2 aliphatic rings. The number of esters is 1. The largest absolute Gasteiger partial charge is 0.461 e. The molecule has 2 fully saturated rings. The Morgan fingerprint density at radius 1 is 1.00 bits per heavy atom. The lowest BCUT2D eigenvalue weighted by atomic mass is 9.88. The molecule has 18 heavy (non-hydrogen) atoms. The molecule has 1 saturated carbocycles. The fourth-order valence-electron chi connectivity index (χ4n) is 3.10. The Morgan fingerprint density at radius 3 is 2.56 bits per heavy atom. The fourth-order valence-corrected chi connectivity index (χ4v) is 3.10. The Morgan fingerprint density at radius 2 is 1.72 bits per heavy atom. The molecule has 1 aliphatic heterocycles. The zero-order valence-electron chi connectivity index (χ0n) is 11.6. The van der Waals surface area contributed by atoms with Crippen LogP contribution >= 0.6 is 0 Å². The molecule has 1 aliphatic carbocycles. The van der Waals surface area contributed by atoms with Crippen LogP contribution in [-0.2, 0) is 9.53 Å². The summed E-state index contributed by atoms with van der Waals surface area (Å²) in [5, 5.41) is 3.35. The van der Waals surface area contributed by atoms with Crippen molar-refractivity contribution in [2.75, 3.05) is 6.54 Å². The second kappa shape index (κ2) is 7.13. The Labute approximate surface area is 111 Å². The molecular formula is C15H27NO2. The van der Waals surface area contributed by atoms with Crippen molar-refractivity contribution >= 4 is 5.97 Å². The number of rotatable bonds is 2. The van der Waals surface area contributed by atoms with Crippen molar-refractivity contribution in [3.8, 4) is 0 Å². The van der Waals surface area contributed by atoms with Crippen LogP contribution in [0.15, 0.2) is 0 Å². The van der Waals surface area contributed by atoms with Crippen molar-refractivity contribution in [1.29, 1.82) is 0 Å². The van der Waals surface area contributed by atoms with Crippen LogP contribution in [0.4, 0.5) is 0 Å². The molecule has 2 rings (SSSR count). The predicted molar refractivity (Wildman–Crippen MR) is 72.4 cm³/mol. The van der Waals surface area contributed by atoms with Gasteiger partial charge >= 0.3 is 5.97 Å². The first-order valence-corrected chi connectivity index (χ1v) is 7.71. The summed E-state index contributed by atoms with van der Waals surface area (Å²) in [6, 6.07) is -0.0561. The summed E-state index contributed by atoms with van der Waals surface area (Å²) < 4.78 is 5.74. The van der Waals surface area contributed by atoms with Crippen molar-refractivity contribution in [2.45, 2.75) is 76.9 Å². The Hall–Kier alpha value is -0.570. The Kier molecular flexibility index (Phi) is 5.48. The van der Waals surface area contributed by atoms with Crippen LogP contribution in [0.25, 0.3) is 0 Å². The van der Waals surface area contributed by atoms with E-state index in [1.165, 1.54) is 38.5 Å². The quantitative estimate of drug-likeness (QED) is 0.769. The molecule has 0 aromatic rings. The van der Waals surface area contributed by atoms with E-state index in [1.54, 1.807) is 0 Å². The van der Waals surface area contributed by atoms with Crippen molar-refractivity contribution < 1.29 is 9.53 Å². The van der Waals surface area contributed by atoms with E-state index in [0.717, 1.165) is 25.8 Å². The number of carbonyl (C=O) groups is 1. The van der Waals surface area contributed by atoms with E-state index in [9.17, 15) is 4.79 Å². The van der Waals surface area contributed by atoms with Gasteiger partial charge in [0.15, 0.2) is 0 Å². The number of ether oxygens (including phenoxy) is 1. The number of nitrogens with one attached hydrogen (secondary N) is 1. The molecule has 0 bridgehead atoms. The highest BCUT2D eigenvalue weighted by Gasteiger charge is 2.28. The molecule has 3 heteroatoms. The lowest BCUT2D eigenvalue weighted by Crippen LogP contribution is -2.42. The first-order chi connectivity index (χ1) is 8.77. The third kappa shape index (κ3) is 3.98. The second-order valence-electron chi connectivity index (χ2n) is 5.95. The van der Waals surface area contributed by atoms with Gasteiger partial charge in [-0.05, 0) is 44.6 Å². The number of hydrogen-bond acceptors (Lipinski definition) is 3. The van der Waals surface area contributed by atoms with Crippen molar-refractivity contribution in [1.82, 2.24) is 5.32 Å². The first-order valence-electron chi connectivity index (χ1n) is 7.71. The maximum Gasteiger partial charge on any atom is 0.323 e. The van der Waals surface area contributed by atoms with Crippen LogP contribution in [0.5, 0.6) is 0 Å². The molecule has 1 N–H and O–H groups in total. The molecule has 3 atom stereocenters. The van der Waals surface area contributed by atoms with E-state index in [2.05, 4.69) is 12.2 Å². The molecule has 0 spiro atoms. The zero-order chi connectivity index (χ0) is 12.8. The molecule has 104 valence electrons. The van der Waals surface area contributed by atoms with E-state index in [4.69, 9.17) is 4.74 Å². The second-order valence-corrected chi connectivity index (χ2v) is 5.95. The molecular weight excluding hydrogens is 226 g/mol. The van der Waals surface area contributed by atoms with Crippen LogP contribution in [0.1, 0.15) is 64.7 Å². The smallest absolute Gasteiger partial charge is 0.323 e. The van der Waals surface area contributed by atoms with Gasteiger partial charge in [-0.3, -0.25) is 4.79 Å². The summed E-state index contributed by atoms with van der Waals surface area (Å²) in [6.07, 6.45) is 10.7. The van der Waals surface area contributed by atoms with Gasteiger partial charge in [0.2, 0.25) is 0 Å².